The second-order valence-electron chi connectivity index (χ2n) is 7.34. The average molecular weight is 429 g/mol. The first-order valence-electron chi connectivity index (χ1n) is 10.5. The van der Waals surface area contributed by atoms with Crippen LogP contribution in [0.2, 0.25) is 0 Å². The van der Waals surface area contributed by atoms with E-state index in [0.717, 1.165) is 24.0 Å². The van der Waals surface area contributed by atoms with Crippen molar-refractivity contribution in [1.29, 1.82) is 0 Å². The number of ether oxygens (including phenoxy) is 4. The van der Waals surface area contributed by atoms with Crippen molar-refractivity contribution in [3.05, 3.63) is 41.6 Å². The van der Waals surface area contributed by atoms with Crippen LogP contribution in [0, 0.1) is 0 Å². The highest BCUT2D eigenvalue weighted by Gasteiger charge is 2.17. The van der Waals surface area contributed by atoms with Gasteiger partial charge in [0.05, 0.1) is 21.3 Å². The van der Waals surface area contributed by atoms with Gasteiger partial charge in [0.15, 0.2) is 17.5 Å². The Morgan fingerprint density at radius 3 is 2.19 bits per heavy atom. The molecule has 2 aromatic rings. The van der Waals surface area contributed by atoms with Crippen LogP contribution in [0.15, 0.2) is 35.5 Å². The highest BCUT2D eigenvalue weighted by atomic mass is 16.5. The van der Waals surface area contributed by atoms with Crippen LogP contribution in [-0.4, -0.2) is 45.4 Å². The molecule has 1 aromatic heterocycles. The van der Waals surface area contributed by atoms with Crippen molar-refractivity contribution in [2.24, 2.45) is 4.99 Å². The average Bonchev–Trinajstić information content (AvgIpc) is 3.31. The third kappa shape index (κ3) is 6.16. The van der Waals surface area contributed by atoms with Crippen LogP contribution in [0.4, 0.5) is 0 Å². The lowest BCUT2D eigenvalue weighted by molar-refractivity contribution is 0.201. The van der Waals surface area contributed by atoms with Gasteiger partial charge in [0.1, 0.15) is 6.10 Å². The van der Waals surface area contributed by atoms with Crippen molar-refractivity contribution in [3.8, 4) is 23.1 Å². The quantitative estimate of drug-likeness (QED) is 0.468. The number of methoxy groups -OCH3 is 3. The van der Waals surface area contributed by atoms with Gasteiger partial charge in [-0.3, -0.25) is 4.99 Å². The lowest BCUT2D eigenvalue weighted by Crippen LogP contribution is -2.36. The first kappa shape index (κ1) is 22.5. The second kappa shape index (κ2) is 11.3. The highest BCUT2D eigenvalue weighted by Crippen LogP contribution is 2.38. The first-order valence-corrected chi connectivity index (χ1v) is 10.5. The normalized spacial score (nSPS) is 14.3. The maximum absolute atomic E-state index is 6.00. The van der Waals surface area contributed by atoms with Crippen molar-refractivity contribution in [3.63, 3.8) is 0 Å². The van der Waals surface area contributed by atoms with Crippen LogP contribution in [-0.2, 0) is 13.1 Å². The molecule has 1 aliphatic carbocycles. The Morgan fingerprint density at radius 2 is 1.61 bits per heavy atom. The number of aromatic nitrogens is 1. The third-order valence-electron chi connectivity index (χ3n) is 5.26. The van der Waals surface area contributed by atoms with Crippen LogP contribution in [0.3, 0.4) is 0 Å². The molecule has 0 radical (unpaired) electrons. The van der Waals surface area contributed by atoms with Crippen LogP contribution >= 0.6 is 0 Å². The Bertz CT molecular complexity index is 857. The highest BCUT2D eigenvalue weighted by molar-refractivity contribution is 5.79. The van der Waals surface area contributed by atoms with Gasteiger partial charge in [-0.25, -0.2) is 4.98 Å². The second-order valence-corrected chi connectivity index (χ2v) is 7.34. The molecule has 0 saturated heterocycles. The minimum atomic E-state index is 0.295. The summed E-state index contributed by atoms with van der Waals surface area (Å²) in [4.78, 5) is 8.65. The number of pyridine rings is 1. The Balaban J connectivity index is 1.56. The molecule has 8 nitrogen and oxygen atoms in total. The number of nitrogens with one attached hydrogen (secondary N) is 2. The van der Waals surface area contributed by atoms with E-state index in [4.69, 9.17) is 18.9 Å². The molecule has 1 aliphatic rings. The maximum atomic E-state index is 6.00. The fraction of sp³-hybridized carbons (Fsp3) is 0.478. The van der Waals surface area contributed by atoms with Crippen molar-refractivity contribution in [1.82, 2.24) is 15.6 Å². The van der Waals surface area contributed by atoms with Gasteiger partial charge in [0, 0.05) is 32.4 Å². The summed E-state index contributed by atoms with van der Waals surface area (Å²) in [7, 11) is 6.54. The molecule has 3 rings (SSSR count). The van der Waals surface area contributed by atoms with Gasteiger partial charge in [-0.1, -0.05) is 0 Å². The SMILES string of the molecule is CN=C(NCc1ccnc(OC2CCCC2)c1)NCc1cc(OC)c(OC)c(OC)c1. The van der Waals surface area contributed by atoms with Gasteiger partial charge in [-0.05, 0) is 55.0 Å². The molecular formula is C23H32N4O4. The van der Waals surface area contributed by atoms with Gasteiger partial charge in [0.25, 0.3) is 0 Å². The molecule has 168 valence electrons. The van der Waals surface area contributed by atoms with Gasteiger partial charge in [0.2, 0.25) is 11.6 Å². The van der Waals surface area contributed by atoms with E-state index in [0.29, 0.717) is 48.3 Å². The monoisotopic (exact) mass is 428 g/mol. The van der Waals surface area contributed by atoms with Crippen LogP contribution in [0.25, 0.3) is 0 Å². The molecule has 1 saturated carbocycles. The fourth-order valence-corrected chi connectivity index (χ4v) is 3.63. The maximum Gasteiger partial charge on any atom is 0.213 e. The molecule has 0 aliphatic heterocycles. The number of guanidine groups is 1. The summed E-state index contributed by atoms with van der Waals surface area (Å²) in [6.45, 7) is 1.15. The number of benzene rings is 1. The Morgan fingerprint density at radius 1 is 0.968 bits per heavy atom. The number of rotatable bonds is 9. The van der Waals surface area contributed by atoms with Crippen LogP contribution < -0.4 is 29.6 Å². The zero-order valence-corrected chi connectivity index (χ0v) is 18.7. The van der Waals surface area contributed by atoms with Crippen molar-refractivity contribution < 1.29 is 18.9 Å². The third-order valence-corrected chi connectivity index (χ3v) is 5.26. The van der Waals surface area contributed by atoms with Crippen LogP contribution in [0.1, 0.15) is 36.8 Å². The molecule has 0 unspecified atom stereocenters. The van der Waals surface area contributed by atoms with E-state index in [2.05, 4.69) is 20.6 Å². The predicted octanol–water partition coefficient (Wildman–Crippen LogP) is 3.29. The zero-order chi connectivity index (χ0) is 22.1. The number of aliphatic imine (C=N–C) groups is 1. The topological polar surface area (TPSA) is 86.2 Å². The Hall–Kier alpha value is -3.16. The summed E-state index contributed by atoms with van der Waals surface area (Å²) in [6.07, 6.45) is 6.78. The zero-order valence-electron chi connectivity index (χ0n) is 18.7. The predicted molar refractivity (Wildman–Crippen MR) is 120 cm³/mol. The molecule has 8 heteroatoms. The van der Waals surface area contributed by atoms with Gasteiger partial charge < -0.3 is 29.6 Å². The summed E-state index contributed by atoms with van der Waals surface area (Å²) in [5.74, 6) is 3.18. The van der Waals surface area contributed by atoms with E-state index in [9.17, 15) is 0 Å². The van der Waals surface area contributed by atoms with Crippen molar-refractivity contribution in [2.45, 2.75) is 44.9 Å². The minimum absolute atomic E-state index is 0.295. The van der Waals surface area contributed by atoms with E-state index in [1.165, 1.54) is 12.8 Å². The molecular weight excluding hydrogens is 396 g/mol. The standard InChI is InChI=1S/C23H32N4O4/c1-24-23(27-15-17-11-19(28-2)22(30-4)20(12-17)29-3)26-14-16-9-10-25-21(13-16)31-18-7-5-6-8-18/h9-13,18H,5-8,14-15H2,1-4H3,(H2,24,26,27). The van der Waals surface area contributed by atoms with Gasteiger partial charge in [-0.15, -0.1) is 0 Å². The van der Waals surface area contributed by atoms with E-state index in [-0.39, 0.29) is 0 Å². The minimum Gasteiger partial charge on any atom is -0.493 e. The van der Waals surface area contributed by atoms with Crippen molar-refractivity contribution in [2.75, 3.05) is 28.4 Å². The van der Waals surface area contributed by atoms with E-state index in [1.54, 1.807) is 34.6 Å². The Kier molecular flexibility index (Phi) is 8.20. The van der Waals surface area contributed by atoms with E-state index in [1.807, 2.05) is 24.3 Å². The number of hydrogen-bond donors (Lipinski definition) is 2. The molecule has 1 fully saturated rings. The van der Waals surface area contributed by atoms with E-state index >= 15 is 0 Å². The Labute approximate surface area is 184 Å². The smallest absolute Gasteiger partial charge is 0.213 e. The van der Waals surface area contributed by atoms with Crippen molar-refractivity contribution >= 4 is 5.96 Å². The molecule has 2 N–H and O–H groups in total. The van der Waals surface area contributed by atoms with Crippen LogP contribution in [0.5, 0.6) is 23.1 Å². The summed E-state index contributed by atoms with van der Waals surface area (Å²) in [6, 6.07) is 7.78. The molecule has 0 atom stereocenters. The summed E-state index contributed by atoms with van der Waals surface area (Å²) < 4.78 is 22.2. The molecule has 0 amide bonds. The summed E-state index contributed by atoms with van der Waals surface area (Å²) in [5.41, 5.74) is 2.06. The fourth-order valence-electron chi connectivity index (χ4n) is 3.63. The lowest BCUT2D eigenvalue weighted by Gasteiger charge is -2.16. The number of hydrogen-bond acceptors (Lipinski definition) is 6. The largest absolute Gasteiger partial charge is 0.493 e. The summed E-state index contributed by atoms with van der Waals surface area (Å²) in [5, 5.41) is 6.63. The van der Waals surface area contributed by atoms with E-state index < -0.39 is 0 Å². The molecule has 31 heavy (non-hydrogen) atoms. The molecule has 1 aromatic carbocycles. The summed E-state index contributed by atoms with van der Waals surface area (Å²) >= 11 is 0. The first-order chi connectivity index (χ1) is 15.2. The van der Waals surface area contributed by atoms with Gasteiger partial charge in [-0.2, -0.15) is 0 Å². The molecule has 1 heterocycles. The lowest BCUT2D eigenvalue weighted by atomic mass is 10.2. The van der Waals surface area contributed by atoms with Gasteiger partial charge >= 0.3 is 0 Å². The number of nitrogens with zero attached hydrogens (tertiary/aromatic N) is 2. The molecule has 0 bridgehead atoms. The molecule has 0 spiro atoms.